The van der Waals surface area contributed by atoms with Gasteiger partial charge >= 0.3 is 0 Å². The summed E-state index contributed by atoms with van der Waals surface area (Å²) in [6, 6.07) is 17.5. The van der Waals surface area contributed by atoms with Crippen LogP contribution in [0.25, 0.3) is 0 Å². The van der Waals surface area contributed by atoms with E-state index in [1.54, 1.807) is 6.92 Å². The Bertz CT molecular complexity index is 620. The van der Waals surface area contributed by atoms with Crippen molar-refractivity contribution < 1.29 is 9.59 Å². The number of carbonyl (C=O) groups is 2. The Kier molecular flexibility index (Phi) is 9.01. The Labute approximate surface area is 150 Å². The van der Waals surface area contributed by atoms with Crippen molar-refractivity contribution in [1.82, 2.24) is 5.32 Å². The molecule has 0 aromatic heterocycles. The van der Waals surface area contributed by atoms with Crippen LogP contribution >= 0.6 is 0 Å². The second-order valence-corrected chi connectivity index (χ2v) is 5.72. The number of anilines is 1. The normalized spacial score (nSPS) is 10.9. The molecule has 4 heteroatoms. The lowest BCUT2D eigenvalue weighted by Crippen LogP contribution is -2.40. The van der Waals surface area contributed by atoms with Crippen LogP contribution in [0.15, 0.2) is 54.6 Å². The zero-order valence-corrected chi connectivity index (χ0v) is 15.5. The topological polar surface area (TPSA) is 58.2 Å². The van der Waals surface area contributed by atoms with Crippen molar-refractivity contribution in [2.45, 2.75) is 46.6 Å². The predicted octanol–water partition coefficient (Wildman–Crippen LogP) is 3.96. The number of hydrogen-bond donors (Lipinski definition) is 2. The molecular formula is C21H28N2O2. The number of amides is 2. The quantitative estimate of drug-likeness (QED) is 0.865. The Hall–Kier alpha value is -2.62. The number of hydrogen-bond acceptors (Lipinski definition) is 2. The van der Waals surface area contributed by atoms with Crippen molar-refractivity contribution in [2.75, 3.05) is 5.32 Å². The molecule has 0 aliphatic rings. The van der Waals surface area contributed by atoms with Crippen LogP contribution in [0.1, 0.15) is 38.8 Å². The van der Waals surface area contributed by atoms with Crippen molar-refractivity contribution in [1.29, 1.82) is 0 Å². The van der Waals surface area contributed by atoms with Crippen molar-refractivity contribution in [3.63, 3.8) is 0 Å². The summed E-state index contributed by atoms with van der Waals surface area (Å²) < 4.78 is 0. The van der Waals surface area contributed by atoms with E-state index >= 15 is 0 Å². The lowest BCUT2D eigenvalue weighted by atomic mass is 10.0. The van der Waals surface area contributed by atoms with Crippen molar-refractivity contribution in [3.05, 3.63) is 65.7 Å². The van der Waals surface area contributed by atoms with Gasteiger partial charge in [-0.3, -0.25) is 9.59 Å². The molecule has 0 radical (unpaired) electrons. The first kappa shape index (κ1) is 20.4. The summed E-state index contributed by atoms with van der Waals surface area (Å²) in [7, 11) is 0. The van der Waals surface area contributed by atoms with Gasteiger partial charge in [0.1, 0.15) is 6.04 Å². The van der Waals surface area contributed by atoms with Gasteiger partial charge in [0.2, 0.25) is 11.8 Å². The smallest absolute Gasteiger partial charge is 0.246 e. The Morgan fingerprint density at radius 3 is 1.68 bits per heavy atom. The highest BCUT2D eigenvalue weighted by molar-refractivity contribution is 5.97. The third-order valence-corrected chi connectivity index (χ3v) is 3.73. The molecule has 0 aliphatic carbocycles. The molecule has 25 heavy (non-hydrogen) atoms. The van der Waals surface area contributed by atoms with Gasteiger partial charge in [-0.25, -0.2) is 0 Å². The molecule has 0 aliphatic heterocycles. The van der Waals surface area contributed by atoms with Crippen LogP contribution in [0, 0.1) is 0 Å². The lowest BCUT2D eigenvalue weighted by molar-refractivity contribution is -0.124. The molecule has 2 aromatic carbocycles. The first-order valence-corrected chi connectivity index (χ1v) is 8.68. The summed E-state index contributed by atoms with van der Waals surface area (Å²) in [5, 5.41) is 5.52. The summed E-state index contributed by atoms with van der Waals surface area (Å²) in [5.74, 6) is -0.395. The van der Waals surface area contributed by atoms with E-state index < -0.39 is 6.04 Å². The van der Waals surface area contributed by atoms with Crippen LogP contribution < -0.4 is 10.6 Å². The largest absolute Gasteiger partial charge is 0.345 e. The first-order valence-electron chi connectivity index (χ1n) is 8.68. The average Bonchev–Trinajstić information content (AvgIpc) is 2.63. The molecule has 0 saturated carbocycles. The molecule has 1 atom stereocenters. The van der Waals surface area contributed by atoms with Gasteiger partial charge in [0.15, 0.2) is 0 Å². The number of carbonyl (C=O) groups excluding carboxylic acids is 2. The molecule has 2 amide bonds. The van der Waals surface area contributed by atoms with Crippen LogP contribution in [0.2, 0.25) is 0 Å². The molecule has 2 rings (SSSR count). The van der Waals surface area contributed by atoms with E-state index in [1.807, 2.05) is 54.6 Å². The monoisotopic (exact) mass is 340 g/mol. The third kappa shape index (κ3) is 7.21. The van der Waals surface area contributed by atoms with Gasteiger partial charge in [-0.05, 0) is 30.9 Å². The number of nitrogens with one attached hydrogen (secondary N) is 2. The van der Waals surface area contributed by atoms with Crippen LogP contribution in [0.3, 0.4) is 0 Å². The predicted molar refractivity (Wildman–Crippen MR) is 104 cm³/mol. The van der Waals surface area contributed by atoms with Gasteiger partial charge in [-0.2, -0.15) is 0 Å². The van der Waals surface area contributed by atoms with E-state index in [4.69, 9.17) is 0 Å². The molecule has 4 nitrogen and oxygen atoms in total. The van der Waals surface area contributed by atoms with E-state index in [9.17, 15) is 9.59 Å². The molecule has 0 bridgehead atoms. The molecular weight excluding hydrogens is 312 g/mol. The van der Waals surface area contributed by atoms with Gasteiger partial charge in [0, 0.05) is 12.6 Å². The molecule has 134 valence electrons. The molecule has 2 N–H and O–H groups in total. The van der Waals surface area contributed by atoms with Crippen molar-refractivity contribution >= 4 is 17.5 Å². The molecule has 0 fully saturated rings. The Morgan fingerprint density at radius 2 is 1.32 bits per heavy atom. The van der Waals surface area contributed by atoms with Crippen LogP contribution in [-0.2, 0) is 22.4 Å². The SMILES string of the molecule is CCc1cccc(CC)c1NC(=O)[C@H](C)NC(C)=O.c1ccccc1. The summed E-state index contributed by atoms with van der Waals surface area (Å²) in [5.41, 5.74) is 3.11. The van der Waals surface area contributed by atoms with Gasteiger partial charge in [-0.1, -0.05) is 68.4 Å². The van der Waals surface area contributed by atoms with Crippen molar-refractivity contribution in [2.24, 2.45) is 0 Å². The van der Waals surface area contributed by atoms with Crippen LogP contribution in [0.5, 0.6) is 0 Å². The third-order valence-electron chi connectivity index (χ3n) is 3.73. The average molecular weight is 340 g/mol. The fourth-order valence-electron chi connectivity index (χ4n) is 2.39. The van der Waals surface area contributed by atoms with Gasteiger partial charge in [0.25, 0.3) is 0 Å². The van der Waals surface area contributed by atoms with Gasteiger partial charge in [-0.15, -0.1) is 0 Å². The molecule has 2 aromatic rings. The number of aryl methyl sites for hydroxylation is 2. The fourth-order valence-corrected chi connectivity index (χ4v) is 2.39. The van der Waals surface area contributed by atoms with E-state index in [-0.39, 0.29) is 11.8 Å². The zero-order chi connectivity index (χ0) is 18.7. The number of para-hydroxylation sites is 1. The summed E-state index contributed by atoms with van der Waals surface area (Å²) >= 11 is 0. The lowest BCUT2D eigenvalue weighted by Gasteiger charge is -2.17. The maximum absolute atomic E-state index is 12.1. The standard InChI is InChI=1S/C15H22N2O2.C6H6/c1-5-12-8-7-9-13(6-2)14(12)17-15(19)10(3)16-11(4)18;1-2-4-6-5-3-1/h7-10H,5-6H2,1-4H3,(H,16,18)(H,17,19);1-6H/t10-;/m0./s1. The van der Waals surface area contributed by atoms with E-state index in [2.05, 4.69) is 24.5 Å². The maximum Gasteiger partial charge on any atom is 0.246 e. The molecule has 0 spiro atoms. The number of benzene rings is 2. The second-order valence-electron chi connectivity index (χ2n) is 5.72. The minimum Gasteiger partial charge on any atom is -0.345 e. The van der Waals surface area contributed by atoms with Crippen LogP contribution in [0.4, 0.5) is 5.69 Å². The second kappa shape index (κ2) is 11.0. The van der Waals surface area contributed by atoms with Crippen LogP contribution in [-0.4, -0.2) is 17.9 Å². The highest BCUT2D eigenvalue weighted by Gasteiger charge is 2.16. The summed E-state index contributed by atoms with van der Waals surface area (Å²) in [4.78, 5) is 23.0. The Balaban J connectivity index is 0.000000435. The first-order chi connectivity index (χ1) is 12.0. The zero-order valence-electron chi connectivity index (χ0n) is 15.5. The fraction of sp³-hybridized carbons (Fsp3) is 0.333. The minimum absolute atomic E-state index is 0.189. The molecule has 0 saturated heterocycles. The van der Waals surface area contributed by atoms with E-state index in [1.165, 1.54) is 6.92 Å². The highest BCUT2D eigenvalue weighted by atomic mass is 16.2. The molecule has 0 heterocycles. The van der Waals surface area contributed by atoms with Gasteiger partial charge in [0.05, 0.1) is 0 Å². The molecule has 0 unspecified atom stereocenters. The summed E-state index contributed by atoms with van der Waals surface area (Å²) in [6.45, 7) is 7.20. The highest BCUT2D eigenvalue weighted by Crippen LogP contribution is 2.22. The minimum atomic E-state index is -0.535. The number of rotatable bonds is 5. The Morgan fingerprint density at radius 1 is 0.880 bits per heavy atom. The maximum atomic E-state index is 12.1. The van der Waals surface area contributed by atoms with E-state index in [0.29, 0.717) is 0 Å². The van der Waals surface area contributed by atoms with Gasteiger partial charge < -0.3 is 10.6 Å². The van der Waals surface area contributed by atoms with Crippen molar-refractivity contribution in [3.8, 4) is 0 Å². The summed E-state index contributed by atoms with van der Waals surface area (Å²) in [6.07, 6.45) is 1.72. The van der Waals surface area contributed by atoms with E-state index in [0.717, 1.165) is 29.7 Å².